The van der Waals surface area contributed by atoms with Gasteiger partial charge in [-0.25, -0.2) is 0 Å². The van der Waals surface area contributed by atoms with Crippen LogP contribution < -0.4 is 0 Å². The van der Waals surface area contributed by atoms with E-state index in [1.807, 2.05) is 46.9 Å². The van der Waals surface area contributed by atoms with E-state index in [2.05, 4.69) is 47.9 Å². The summed E-state index contributed by atoms with van der Waals surface area (Å²) in [5.41, 5.74) is 2.63. The third-order valence-corrected chi connectivity index (χ3v) is 10.1. The highest BCUT2D eigenvalue weighted by Crippen LogP contribution is 2.41. The number of fused-ring (bicyclic) bond motifs is 3. The van der Waals surface area contributed by atoms with Crippen molar-refractivity contribution in [1.29, 1.82) is 0 Å². The van der Waals surface area contributed by atoms with Crippen molar-refractivity contribution in [2.75, 3.05) is 0 Å². The SMILES string of the molecule is CCCCCCn1c2cc(/C=C/c3ccc(C=O)s3)sc2c2sc(/C=C/c3ccc(C=O)s3)cc21. The number of hydrogen-bond donors (Lipinski definition) is 0. The highest BCUT2D eigenvalue weighted by molar-refractivity contribution is 7.28. The van der Waals surface area contributed by atoms with Crippen molar-refractivity contribution in [1.82, 2.24) is 4.57 Å². The van der Waals surface area contributed by atoms with E-state index in [-0.39, 0.29) is 0 Å². The van der Waals surface area contributed by atoms with Crippen LogP contribution in [-0.4, -0.2) is 17.1 Å². The zero-order valence-electron chi connectivity index (χ0n) is 19.4. The second-order valence-electron chi connectivity index (χ2n) is 8.32. The largest absolute Gasteiger partial charge is 0.339 e. The summed E-state index contributed by atoms with van der Waals surface area (Å²) >= 11 is 6.69. The van der Waals surface area contributed by atoms with Crippen molar-refractivity contribution in [3.63, 3.8) is 0 Å². The minimum Gasteiger partial charge on any atom is -0.339 e. The normalized spacial score (nSPS) is 12.1. The fourth-order valence-electron chi connectivity index (χ4n) is 4.13. The van der Waals surface area contributed by atoms with Crippen LogP contribution in [0.5, 0.6) is 0 Å². The number of carbonyl (C=O) groups excluding carboxylic acids is 2. The first-order valence-corrected chi connectivity index (χ1v) is 15.0. The number of aryl methyl sites for hydroxylation is 1. The van der Waals surface area contributed by atoms with Gasteiger partial charge in [-0.05, 0) is 67.1 Å². The second kappa shape index (κ2) is 11.0. The first-order valence-electron chi connectivity index (χ1n) is 11.7. The summed E-state index contributed by atoms with van der Waals surface area (Å²) in [5.74, 6) is 0. The number of carbonyl (C=O) groups is 2. The van der Waals surface area contributed by atoms with Crippen molar-refractivity contribution < 1.29 is 9.59 Å². The molecule has 5 aromatic heterocycles. The van der Waals surface area contributed by atoms with Gasteiger partial charge in [0.25, 0.3) is 0 Å². The molecule has 0 spiro atoms. The Balaban J connectivity index is 1.48. The highest BCUT2D eigenvalue weighted by Gasteiger charge is 2.16. The van der Waals surface area contributed by atoms with Crippen molar-refractivity contribution >= 4 is 103 Å². The van der Waals surface area contributed by atoms with Gasteiger partial charge < -0.3 is 4.57 Å². The number of thiophene rings is 4. The lowest BCUT2D eigenvalue weighted by Crippen LogP contribution is -1.96. The molecule has 5 heterocycles. The summed E-state index contributed by atoms with van der Waals surface area (Å²) in [4.78, 5) is 28.1. The van der Waals surface area contributed by atoms with Gasteiger partial charge in [-0.15, -0.1) is 45.3 Å². The van der Waals surface area contributed by atoms with Crippen molar-refractivity contribution in [3.8, 4) is 0 Å². The Bertz CT molecular complexity index is 1430. The zero-order chi connectivity index (χ0) is 24.2. The lowest BCUT2D eigenvalue weighted by molar-refractivity contribution is 0.111. The minimum absolute atomic E-state index is 0.755. The van der Waals surface area contributed by atoms with Gasteiger partial charge >= 0.3 is 0 Å². The molecule has 0 fully saturated rings. The minimum atomic E-state index is 0.755. The zero-order valence-corrected chi connectivity index (χ0v) is 22.6. The van der Waals surface area contributed by atoms with Gasteiger partial charge in [0.1, 0.15) is 0 Å². The highest BCUT2D eigenvalue weighted by atomic mass is 32.1. The summed E-state index contributed by atoms with van der Waals surface area (Å²) in [7, 11) is 0. The van der Waals surface area contributed by atoms with E-state index in [0.717, 1.165) is 38.6 Å². The van der Waals surface area contributed by atoms with Gasteiger partial charge in [0, 0.05) is 26.1 Å². The molecule has 0 radical (unpaired) electrons. The predicted molar refractivity (Wildman–Crippen MR) is 157 cm³/mol. The molecule has 0 unspecified atom stereocenters. The van der Waals surface area contributed by atoms with E-state index in [1.165, 1.54) is 78.5 Å². The van der Waals surface area contributed by atoms with E-state index >= 15 is 0 Å². The van der Waals surface area contributed by atoms with E-state index < -0.39 is 0 Å². The Morgan fingerprint density at radius 2 is 1.11 bits per heavy atom. The molecular formula is C28H25NO2S4. The van der Waals surface area contributed by atoms with Gasteiger partial charge in [-0.2, -0.15) is 0 Å². The fraction of sp³-hybridized carbons (Fsp3) is 0.214. The Labute approximate surface area is 220 Å². The molecule has 0 bridgehead atoms. The van der Waals surface area contributed by atoms with Crippen molar-refractivity contribution in [2.45, 2.75) is 39.2 Å². The van der Waals surface area contributed by atoms with Crippen LogP contribution >= 0.6 is 45.3 Å². The number of unbranched alkanes of at least 4 members (excludes halogenated alkanes) is 3. The number of nitrogens with zero attached hydrogens (tertiary/aromatic N) is 1. The van der Waals surface area contributed by atoms with E-state index in [1.54, 1.807) is 0 Å². The van der Waals surface area contributed by atoms with E-state index in [4.69, 9.17) is 0 Å². The monoisotopic (exact) mass is 535 g/mol. The van der Waals surface area contributed by atoms with Crippen molar-refractivity contribution in [2.24, 2.45) is 0 Å². The average Bonchev–Trinajstić information content (AvgIpc) is 3.68. The Kier molecular flexibility index (Phi) is 7.58. The third kappa shape index (κ3) is 5.33. The maximum atomic E-state index is 11.0. The van der Waals surface area contributed by atoms with Crippen LogP contribution in [-0.2, 0) is 6.54 Å². The first-order chi connectivity index (χ1) is 17.2. The Hall–Kier alpha value is -2.58. The molecule has 35 heavy (non-hydrogen) atoms. The van der Waals surface area contributed by atoms with E-state index in [9.17, 15) is 9.59 Å². The quantitative estimate of drug-likeness (QED) is 0.125. The summed E-state index contributed by atoms with van der Waals surface area (Å²) in [6.07, 6.45) is 15.3. The maximum absolute atomic E-state index is 11.0. The van der Waals surface area contributed by atoms with E-state index in [0.29, 0.717) is 0 Å². The molecule has 0 amide bonds. The molecular weight excluding hydrogens is 511 g/mol. The number of hydrogen-bond acceptors (Lipinski definition) is 6. The van der Waals surface area contributed by atoms with Crippen LogP contribution in [0.4, 0.5) is 0 Å². The Morgan fingerprint density at radius 3 is 1.57 bits per heavy atom. The summed E-state index contributed by atoms with van der Waals surface area (Å²) in [5, 5.41) is 0. The number of aldehydes is 2. The topological polar surface area (TPSA) is 39.1 Å². The van der Waals surface area contributed by atoms with Gasteiger partial charge in [-0.1, -0.05) is 26.2 Å². The number of aromatic nitrogens is 1. The van der Waals surface area contributed by atoms with Crippen molar-refractivity contribution in [3.05, 3.63) is 65.7 Å². The molecule has 178 valence electrons. The lowest BCUT2D eigenvalue weighted by Gasteiger charge is -2.05. The molecule has 5 rings (SSSR count). The Morgan fingerprint density at radius 1 is 0.629 bits per heavy atom. The first kappa shape index (κ1) is 24.1. The molecule has 0 saturated heterocycles. The summed E-state index contributed by atoms with van der Waals surface area (Å²) in [6.45, 7) is 3.28. The van der Waals surface area contributed by atoms with Crippen LogP contribution in [0.15, 0.2) is 36.4 Å². The molecule has 0 N–H and O–H groups in total. The standard InChI is InChI=1S/C28H25NO2S4/c1-2-3-4-5-14-29-25-15-21(10-6-19-8-12-23(17-30)32-19)34-27(25)28-26(29)16-22(35-28)11-7-20-9-13-24(18-31)33-20/h6-13,15-18H,2-5,14H2,1H3/b10-6+,11-7+. The molecule has 0 atom stereocenters. The lowest BCUT2D eigenvalue weighted by atomic mass is 10.2. The van der Waals surface area contributed by atoms with Crippen LogP contribution in [0.1, 0.15) is 71.5 Å². The molecule has 0 aliphatic rings. The molecule has 5 aromatic rings. The van der Waals surface area contributed by atoms with Gasteiger partial charge in [0.2, 0.25) is 0 Å². The van der Waals surface area contributed by atoms with Gasteiger partial charge in [0.15, 0.2) is 12.6 Å². The molecule has 0 aliphatic heterocycles. The molecule has 0 aliphatic carbocycles. The molecule has 3 nitrogen and oxygen atoms in total. The summed E-state index contributed by atoms with van der Waals surface area (Å²) in [6, 6.07) is 12.3. The summed E-state index contributed by atoms with van der Waals surface area (Å²) < 4.78 is 5.19. The molecule has 0 saturated carbocycles. The van der Waals surface area contributed by atoms with Crippen LogP contribution in [0, 0.1) is 0 Å². The second-order valence-corrected chi connectivity index (χ2v) is 12.8. The predicted octanol–water partition coefficient (Wildman–Crippen LogP) is 9.59. The average molecular weight is 536 g/mol. The van der Waals surface area contributed by atoms with Crippen LogP contribution in [0.3, 0.4) is 0 Å². The molecule has 0 aromatic carbocycles. The maximum Gasteiger partial charge on any atom is 0.160 e. The smallest absolute Gasteiger partial charge is 0.160 e. The number of rotatable bonds is 11. The fourth-order valence-corrected chi connectivity index (χ4v) is 7.86. The third-order valence-electron chi connectivity index (χ3n) is 5.84. The van der Waals surface area contributed by atoms with Gasteiger partial charge in [0.05, 0.1) is 30.2 Å². The van der Waals surface area contributed by atoms with Crippen LogP contribution in [0.25, 0.3) is 44.7 Å². The van der Waals surface area contributed by atoms with Crippen LogP contribution in [0.2, 0.25) is 0 Å². The molecule has 7 heteroatoms. The van der Waals surface area contributed by atoms with Gasteiger partial charge in [-0.3, -0.25) is 9.59 Å².